The number of hydrogen-bond donors (Lipinski definition) is 1. The van der Waals surface area contributed by atoms with Crippen LogP contribution in [-0.2, 0) is 11.3 Å². The summed E-state index contributed by atoms with van der Waals surface area (Å²) in [6, 6.07) is 2.62. The molecule has 6 nitrogen and oxygen atoms in total. The van der Waals surface area contributed by atoms with Crippen molar-refractivity contribution in [1.82, 2.24) is 4.90 Å². The second-order valence-corrected chi connectivity index (χ2v) is 5.91. The number of carbonyl (C=O) groups excluding carboxylic acids is 2. The number of fused-ring (bicyclic) bond motifs is 1. The van der Waals surface area contributed by atoms with Crippen molar-refractivity contribution in [1.29, 1.82) is 0 Å². The quantitative estimate of drug-likeness (QED) is 0.566. The number of carboxylic acid groups (broad SMARTS) is 1. The zero-order chi connectivity index (χ0) is 14.3. The third-order valence-corrected chi connectivity index (χ3v) is 4.79. The third kappa shape index (κ3) is 3.38. The molecule has 1 unspecified atom stereocenters. The van der Waals surface area contributed by atoms with Crippen molar-refractivity contribution in [3.05, 3.63) is 41.9 Å². The van der Waals surface area contributed by atoms with E-state index >= 15 is 0 Å². The predicted octanol–water partition coefficient (Wildman–Crippen LogP) is -0.692. The molecular weight excluding hydrogens is 349 g/mol. The van der Waals surface area contributed by atoms with Gasteiger partial charge in [-0.3, -0.25) is 4.79 Å². The number of aromatic carboxylic acids is 1. The Morgan fingerprint density at radius 3 is 2.64 bits per heavy atom. The van der Waals surface area contributed by atoms with Gasteiger partial charge in [-0.2, -0.15) is 0 Å². The smallest absolute Gasteiger partial charge is 0.247 e. The topological polar surface area (TPSA) is 90.3 Å². The zero-order valence-electron chi connectivity index (χ0n) is 11.4. The molecule has 1 saturated heterocycles. The fourth-order valence-electron chi connectivity index (χ4n) is 2.28. The Hall–Kier alpha value is -1.28. The van der Waals surface area contributed by atoms with Gasteiger partial charge >= 0.3 is 0 Å². The molecule has 1 aromatic heterocycles. The largest absolute Gasteiger partial charge is 0.545 e. The number of carboxylic acids is 1. The molecule has 0 radical (unpaired) electrons. The summed E-state index contributed by atoms with van der Waals surface area (Å²) >= 11 is 1.65. The van der Waals surface area contributed by atoms with Crippen molar-refractivity contribution in [3.63, 3.8) is 0 Å². The Balaban J connectivity index is 0.00000121. The van der Waals surface area contributed by atoms with Gasteiger partial charge < -0.3 is 20.5 Å². The standard InChI is InChI=1S/C13H13N3O3S.2ClH/c14-10-11(17)16-6-8(7-20-12(10)16)5-15-3-1-9(2-4-15)13(18)19;;/h1-4,6,10,12H,5,7,14H2;2*1H/t10?,12-;;/m1../s1. The average Bonchev–Trinajstić information content (AvgIpc) is 2.47. The molecule has 1 amide bonds. The monoisotopic (exact) mass is 363 g/mol. The van der Waals surface area contributed by atoms with E-state index in [1.54, 1.807) is 29.1 Å². The molecule has 2 aliphatic heterocycles. The molecule has 0 saturated carbocycles. The molecule has 0 aliphatic carbocycles. The fourth-order valence-corrected chi connectivity index (χ4v) is 3.48. The van der Waals surface area contributed by atoms with Crippen LogP contribution in [-0.4, -0.2) is 33.9 Å². The Kier molecular flexibility index (Phi) is 6.25. The van der Waals surface area contributed by atoms with Gasteiger partial charge in [0, 0.05) is 35.2 Å². The van der Waals surface area contributed by atoms with Gasteiger partial charge in [-0.15, -0.1) is 36.6 Å². The lowest BCUT2D eigenvalue weighted by Crippen LogP contribution is -2.66. The van der Waals surface area contributed by atoms with Crippen molar-refractivity contribution in [2.75, 3.05) is 5.75 Å². The van der Waals surface area contributed by atoms with Crippen LogP contribution >= 0.6 is 36.6 Å². The number of amides is 1. The number of β-lactam (4-membered cyclic amide) rings is 1. The highest BCUT2D eigenvalue weighted by atomic mass is 35.5. The summed E-state index contributed by atoms with van der Waals surface area (Å²) in [5, 5.41) is 10.7. The lowest BCUT2D eigenvalue weighted by molar-refractivity contribution is -0.689. The number of aromatic nitrogens is 1. The Morgan fingerprint density at radius 1 is 1.41 bits per heavy atom. The maximum atomic E-state index is 11.6. The van der Waals surface area contributed by atoms with Gasteiger partial charge in [0.25, 0.3) is 0 Å². The minimum Gasteiger partial charge on any atom is -0.545 e. The second-order valence-electron chi connectivity index (χ2n) is 4.81. The van der Waals surface area contributed by atoms with Crippen molar-refractivity contribution in [2.45, 2.75) is 18.0 Å². The van der Waals surface area contributed by atoms with E-state index in [1.165, 1.54) is 12.1 Å². The molecule has 22 heavy (non-hydrogen) atoms. The van der Waals surface area contributed by atoms with Gasteiger partial charge in [-0.1, -0.05) is 0 Å². The van der Waals surface area contributed by atoms with Crippen LogP contribution < -0.4 is 15.4 Å². The van der Waals surface area contributed by atoms with Crippen molar-refractivity contribution >= 4 is 48.5 Å². The molecule has 0 bridgehead atoms. The summed E-state index contributed by atoms with van der Waals surface area (Å²) in [6.07, 6.45) is 5.23. The van der Waals surface area contributed by atoms with Crippen molar-refractivity contribution in [3.8, 4) is 0 Å². The first kappa shape index (κ1) is 18.8. The molecule has 2 aliphatic rings. The number of pyridine rings is 1. The highest BCUT2D eigenvalue weighted by molar-refractivity contribution is 8.00. The minimum absolute atomic E-state index is 0. The lowest BCUT2D eigenvalue weighted by Gasteiger charge is -2.45. The van der Waals surface area contributed by atoms with Crippen LogP contribution in [0.3, 0.4) is 0 Å². The van der Waals surface area contributed by atoms with E-state index in [2.05, 4.69) is 0 Å². The second kappa shape index (κ2) is 7.32. The number of thioether (sulfide) groups is 1. The van der Waals surface area contributed by atoms with Crippen LogP contribution in [0, 0.1) is 0 Å². The molecule has 0 aromatic carbocycles. The molecule has 2 atom stereocenters. The van der Waals surface area contributed by atoms with Gasteiger partial charge in [0.05, 0.1) is 5.97 Å². The summed E-state index contributed by atoms with van der Waals surface area (Å²) < 4.78 is 1.86. The van der Waals surface area contributed by atoms with Crippen LogP contribution in [0.4, 0.5) is 0 Å². The van der Waals surface area contributed by atoms with Crippen LogP contribution in [0.1, 0.15) is 10.4 Å². The molecule has 120 valence electrons. The van der Waals surface area contributed by atoms with E-state index < -0.39 is 5.97 Å². The number of rotatable bonds is 3. The Morgan fingerprint density at radius 2 is 2.05 bits per heavy atom. The first-order valence-corrected chi connectivity index (χ1v) is 7.20. The van der Waals surface area contributed by atoms with E-state index in [9.17, 15) is 14.7 Å². The summed E-state index contributed by atoms with van der Waals surface area (Å²) in [7, 11) is 0. The van der Waals surface area contributed by atoms with Crippen LogP contribution in [0.5, 0.6) is 0 Å². The third-order valence-electron chi connectivity index (χ3n) is 3.39. The molecule has 9 heteroatoms. The maximum Gasteiger partial charge on any atom is 0.247 e. The molecule has 0 spiro atoms. The van der Waals surface area contributed by atoms with Crippen LogP contribution in [0.25, 0.3) is 0 Å². The highest BCUT2D eigenvalue weighted by Gasteiger charge is 2.46. The number of nitrogens with two attached hydrogens (primary N) is 1. The average molecular weight is 364 g/mol. The summed E-state index contributed by atoms with van der Waals surface area (Å²) in [5.74, 6) is -0.415. The maximum absolute atomic E-state index is 11.6. The van der Waals surface area contributed by atoms with Crippen LogP contribution in [0.15, 0.2) is 36.3 Å². The Bertz CT molecular complexity index is 609. The van der Waals surface area contributed by atoms with Gasteiger partial charge in [0.15, 0.2) is 18.9 Å². The lowest BCUT2D eigenvalue weighted by atomic mass is 10.1. The molecule has 3 rings (SSSR count). The van der Waals surface area contributed by atoms with E-state index in [0.717, 1.165) is 11.3 Å². The summed E-state index contributed by atoms with van der Waals surface area (Å²) in [6.45, 7) is 0.617. The number of halogens is 2. The molecule has 2 N–H and O–H groups in total. The summed E-state index contributed by atoms with van der Waals surface area (Å²) in [4.78, 5) is 23.9. The molecule has 1 aromatic rings. The Labute approximate surface area is 144 Å². The fraction of sp³-hybridized carbons (Fsp3) is 0.308. The number of hydrogen-bond acceptors (Lipinski definition) is 5. The van der Waals surface area contributed by atoms with Gasteiger partial charge in [-0.25, -0.2) is 4.57 Å². The highest BCUT2D eigenvalue weighted by Crippen LogP contribution is 2.34. The number of nitrogens with zero attached hydrogens (tertiary/aromatic N) is 2. The first-order valence-electron chi connectivity index (χ1n) is 6.15. The van der Waals surface area contributed by atoms with E-state index in [4.69, 9.17) is 5.73 Å². The van der Waals surface area contributed by atoms with Gasteiger partial charge in [0.2, 0.25) is 5.91 Å². The zero-order valence-corrected chi connectivity index (χ0v) is 13.8. The van der Waals surface area contributed by atoms with Crippen molar-refractivity contribution in [2.24, 2.45) is 5.73 Å². The predicted molar refractivity (Wildman–Crippen MR) is 84.6 cm³/mol. The van der Waals surface area contributed by atoms with Crippen molar-refractivity contribution < 1.29 is 19.3 Å². The molecule has 3 heterocycles. The van der Waals surface area contributed by atoms with Gasteiger partial charge in [0.1, 0.15) is 11.4 Å². The first-order chi connectivity index (χ1) is 9.56. The minimum atomic E-state index is -1.19. The van der Waals surface area contributed by atoms with E-state index in [0.29, 0.717) is 6.54 Å². The number of carbonyl (C=O) groups is 2. The van der Waals surface area contributed by atoms with E-state index in [1.807, 2.05) is 10.8 Å². The molecular formula is C13H15Cl2N3O3S. The summed E-state index contributed by atoms with van der Waals surface area (Å²) in [5.41, 5.74) is 6.96. The van der Waals surface area contributed by atoms with E-state index in [-0.39, 0.29) is 47.7 Å². The molecule has 1 fully saturated rings. The normalized spacial score (nSPS) is 22.5. The SMILES string of the molecule is Cl.Cl.NC1C(=O)N2C=C(C[n+]3ccc(C(=O)[O-])cc3)CS[C@H]12. The van der Waals surface area contributed by atoms with Crippen LogP contribution in [0.2, 0.25) is 0 Å². The van der Waals surface area contributed by atoms with Gasteiger partial charge in [-0.05, 0) is 0 Å².